The van der Waals surface area contributed by atoms with Crippen molar-refractivity contribution in [1.29, 1.82) is 0 Å². The number of carbonyl (C=O) groups is 1. The summed E-state index contributed by atoms with van der Waals surface area (Å²) in [5.41, 5.74) is 7.15. The van der Waals surface area contributed by atoms with E-state index < -0.39 is 5.97 Å². The lowest BCUT2D eigenvalue weighted by atomic mass is 10.0. The fourth-order valence-electron chi connectivity index (χ4n) is 1.29. The average molecular weight is 231 g/mol. The van der Waals surface area contributed by atoms with Crippen LogP contribution in [0, 0.1) is 0 Å². The minimum absolute atomic E-state index is 0. The molecule has 15 heavy (non-hydrogen) atoms. The highest BCUT2D eigenvalue weighted by Crippen LogP contribution is 2.17. The maximum Gasteiger partial charge on any atom is 0.305 e. The van der Waals surface area contributed by atoms with E-state index in [2.05, 4.69) is 5.32 Å². The SMILES string of the molecule is CN[C@@H](CC(=O)O)c1ccc(N)cc1.Cl. The Morgan fingerprint density at radius 2 is 2.00 bits per heavy atom. The zero-order valence-electron chi connectivity index (χ0n) is 8.43. The van der Waals surface area contributed by atoms with E-state index in [-0.39, 0.29) is 24.9 Å². The molecule has 0 fully saturated rings. The Morgan fingerprint density at radius 1 is 1.47 bits per heavy atom. The summed E-state index contributed by atoms with van der Waals surface area (Å²) < 4.78 is 0. The van der Waals surface area contributed by atoms with Crippen LogP contribution in [0.3, 0.4) is 0 Å². The van der Waals surface area contributed by atoms with Gasteiger partial charge in [0.2, 0.25) is 0 Å². The smallest absolute Gasteiger partial charge is 0.305 e. The predicted octanol–water partition coefficient (Wildman–Crippen LogP) is 1.43. The molecule has 0 aliphatic carbocycles. The van der Waals surface area contributed by atoms with Crippen LogP contribution in [-0.2, 0) is 4.79 Å². The summed E-state index contributed by atoms with van der Waals surface area (Å²) in [7, 11) is 1.74. The summed E-state index contributed by atoms with van der Waals surface area (Å²) in [5, 5.41) is 11.6. The molecule has 0 heterocycles. The number of halogens is 1. The Morgan fingerprint density at radius 3 is 2.40 bits per heavy atom. The van der Waals surface area contributed by atoms with E-state index in [0.29, 0.717) is 5.69 Å². The maximum absolute atomic E-state index is 10.5. The maximum atomic E-state index is 10.5. The van der Waals surface area contributed by atoms with Gasteiger partial charge in [0.1, 0.15) is 0 Å². The number of benzene rings is 1. The van der Waals surface area contributed by atoms with E-state index in [1.54, 1.807) is 19.2 Å². The fraction of sp³-hybridized carbons (Fsp3) is 0.300. The van der Waals surface area contributed by atoms with Gasteiger partial charge in [-0.2, -0.15) is 0 Å². The van der Waals surface area contributed by atoms with Gasteiger partial charge in [-0.15, -0.1) is 12.4 Å². The van der Waals surface area contributed by atoms with Gasteiger partial charge in [-0.05, 0) is 24.7 Å². The van der Waals surface area contributed by atoms with Gasteiger partial charge in [-0.25, -0.2) is 0 Å². The van der Waals surface area contributed by atoms with Crippen LogP contribution in [0.15, 0.2) is 24.3 Å². The van der Waals surface area contributed by atoms with Crippen molar-refractivity contribution in [2.24, 2.45) is 0 Å². The first-order valence-electron chi connectivity index (χ1n) is 4.38. The third-order valence-corrected chi connectivity index (χ3v) is 2.07. The van der Waals surface area contributed by atoms with Crippen molar-refractivity contribution in [3.05, 3.63) is 29.8 Å². The van der Waals surface area contributed by atoms with E-state index in [9.17, 15) is 4.79 Å². The first kappa shape index (κ1) is 13.7. The average Bonchev–Trinajstić information content (AvgIpc) is 2.15. The first-order valence-corrected chi connectivity index (χ1v) is 4.38. The Kier molecular flexibility index (Phi) is 5.74. The van der Waals surface area contributed by atoms with Crippen LogP contribution in [0.1, 0.15) is 18.0 Å². The molecule has 0 aliphatic heterocycles. The largest absolute Gasteiger partial charge is 0.481 e. The first-order chi connectivity index (χ1) is 6.63. The van der Waals surface area contributed by atoms with E-state index in [1.165, 1.54) is 0 Å². The number of anilines is 1. The van der Waals surface area contributed by atoms with Gasteiger partial charge in [0, 0.05) is 11.7 Å². The van der Waals surface area contributed by atoms with Crippen LogP contribution in [-0.4, -0.2) is 18.1 Å². The molecule has 4 nitrogen and oxygen atoms in total. The number of nitrogen functional groups attached to an aromatic ring is 1. The number of aliphatic carboxylic acids is 1. The zero-order chi connectivity index (χ0) is 10.6. The number of nitrogens with two attached hydrogens (primary N) is 1. The molecule has 0 spiro atoms. The highest BCUT2D eigenvalue weighted by Gasteiger charge is 2.12. The second-order valence-corrected chi connectivity index (χ2v) is 3.11. The molecule has 0 aliphatic rings. The standard InChI is InChI=1S/C10H14N2O2.ClH/c1-12-9(6-10(13)14)7-2-4-8(11)5-3-7;/h2-5,9,12H,6,11H2,1H3,(H,13,14);1H/t9-;/m0./s1. The van der Waals surface area contributed by atoms with Crippen molar-refractivity contribution < 1.29 is 9.90 Å². The van der Waals surface area contributed by atoms with Crippen LogP contribution >= 0.6 is 12.4 Å². The number of hydrogen-bond donors (Lipinski definition) is 3. The Labute approximate surface area is 94.9 Å². The molecule has 5 heteroatoms. The molecule has 84 valence electrons. The summed E-state index contributed by atoms with van der Waals surface area (Å²) in [6.07, 6.45) is 0.0699. The monoisotopic (exact) mass is 230 g/mol. The number of hydrogen-bond acceptors (Lipinski definition) is 3. The number of nitrogens with one attached hydrogen (secondary N) is 1. The molecule has 1 rings (SSSR count). The summed E-state index contributed by atoms with van der Waals surface area (Å²) >= 11 is 0. The molecule has 0 radical (unpaired) electrons. The topological polar surface area (TPSA) is 75.3 Å². The Bertz CT molecular complexity index is 314. The minimum atomic E-state index is -0.818. The minimum Gasteiger partial charge on any atom is -0.481 e. The van der Waals surface area contributed by atoms with Crippen molar-refractivity contribution in [3.63, 3.8) is 0 Å². The molecule has 0 amide bonds. The molecular formula is C10H15ClN2O2. The Balaban J connectivity index is 0.00000196. The van der Waals surface area contributed by atoms with Crippen LogP contribution < -0.4 is 11.1 Å². The van der Waals surface area contributed by atoms with Crippen molar-refractivity contribution in [3.8, 4) is 0 Å². The second-order valence-electron chi connectivity index (χ2n) is 3.11. The molecule has 1 aromatic rings. The van der Waals surface area contributed by atoms with Gasteiger partial charge >= 0.3 is 5.97 Å². The van der Waals surface area contributed by atoms with Crippen LogP contribution in [0.4, 0.5) is 5.69 Å². The summed E-state index contributed by atoms with van der Waals surface area (Å²) in [6, 6.07) is 7.04. The van der Waals surface area contributed by atoms with E-state index in [4.69, 9.17) is 10.8 Å². The van der Waals surface area contributed by atoms with Gasteiger partial charge in [-0.1, -0.05) is 12.1 Å². The third kappa shape index (κ3) is 4.18. The molecule has 1 aromatic carbocycles. The second kappa shape index (κ2) is 6.27. The van der Waals surface area contributed by atoms with Crippen molar-refractivity contribution in [2.75, 3.05) is 12.8 Å². The van der Waals surface area contributed by atoms with E-state index in [0.717, 1.165) is 5.56 Å². The predicted molar refractivity (Wildman–Crippen MR) is 62.2 cm³/mol. The summed E-state index contributed by atoms with van der Waals surface area (Å²) in [6.45, 7) is 0. The highest BCUT2D eigenvalue weighted by molar-refractivity contribution is 5.85. The van der Waals surface area contributed by atoms with Gasteiger partial charge in [0.05, 0.1) is 6.42 Å². The number of rotatable bonds is 4. The lowest BCUT2D eigenvalue weighted by Gasteiger charge is -2.14. The lowest BCUT2D eigenvalue weighted by molar-refractivity contribution is -0.137. The molecule has 0 saturated carbocycles. The van der Waals surface area contributed by atoms with Crippen molar-refractivity contribution in [2.45, 2.75) is 12.5 Å². The van der Waals surface area contributed by atoms with Crippen LogP contribution in [0.5, 0.6) is 0 Å². The van der Waals surface area contributed by atoms with Gasteiger partial charge in [0.15, 0.2) is 0 Å². The molecule has 1 atom stereocenters. The fourth-order valence-corrected chi connectivity index (χ4v) is 1.29. The molecular weight excluding hydrogens is 216 g/mol. The highest BCUT2D eigenvalue weighted by atomic mass is 35.5. The molecule has 4 N–H and O–H groups in total. The summed E-state index contributed by atoms with van der Waals surface area (Å²) in [4.78, 5) is 10.5. The number of carboxylic acid groups (broad SMARTS) is 1. The third-order valence-electron chi connectivity index (χ3n) is 2.07. The molecule has 0 aromatic heterocycles. The summed E-state index contributed by atoms with van der Waals surface area (Å²) in [5.74, 6) is -0.818. The Hall–Kier alpha value is -1.26. The lowest BCUT2D eigenvalue weighted by Crippen LogP contribution is -2.19. The van der Waals surface area contributed by atoms with Gasteiger partial charge in [-0.3, -0.25) is 4.79 Å². The normalized spacial score (nSPS) is 11.5. The van der Waals surface area contributed by atoms with Crippen LogP contribution in [0.25, 0.3) is 0 Å². The number of carboxylic acids is 1. The van der Waals surface area contributed by atoms with Crippen molar-refractivity contribution in [1.82, 2.24) is 5.32 Å². The molecule has 0 bridgehead atoms. The van der Waals surface area contributed by atoms with E-state index in [1.807, 2.05) is 12.1 Å². The molecule has 0 unspecified atom stereocenters. The van der Waals surface area contributed by atoms with Gasteiger partial charge in [0.25, 0.3) is 0 Å². The zero-order valence-corrected chi connectivity index (χ0v) is 9.25. The van der Waals surface area contributed by atoms with Gasteiger partial charge < -0.3 is 16.2 Å². The van der Waals surface area contributed by atoms with E-state index >= 15 is 0 Å². The quantitative estimate of drug-likeness (QED) is 0.684. The van der Waals surface area contributed by atoms with Crippen molar-refractivity contribution >= 4 is 24.1 Å². The van der Waals surface area contributed by atoms with Crippen LogP contribution in [0.2, 0.25) is 0 Å². The molecule has 0 saturated heterocycles.